The van der Waals surface area contributed by atoms with E-state index in [0.717, 1.165) is 44.2 Å². The lowest BCUT2D eigenvalue weighted by Crippen LogP contribution is -2.13. The minimum absolute atomic E-state index is 0.176. The van der Waals surface area contributed by atoms with Crippen LogP contribution in [0.25, 0.3) is 33.1 Å². The predicted octanol–water partition coefficient (Wildman–Crippen LogP) is 4.40. The van der Waals surface area contributed by atoms with E-state index in [4.69, 9.17) is 20.3 Å². The van der Waals surface area contributed by atoms with Gasteiger partial charge in [0.1, 0.15) is 12.3 Å². The smallest absolute Gasteiger partial charge is 0.221 e. The van der Waals surface area contributed by atoms with Gasteiger partial charge in [0.25, 0.3) is 0 Å². The summed E-state index contributed by atoms with van der Waals surface area (Å²) in [5.74, 6) is 0.875. The molecular formula is C27H24N4O3. The number of aryl methyl sites for hydroxylation is 1. The summed E-state index contributed by atoms with van der Waals surface area (Å²) in [4.78, 5) is 16.1. The first-order chi connectivity index (χ1) is 16.5. The van der Waals surface area contributed by atoms with Crippen molar-refractivity contribution in [3.8, 4) is 22.8 Å². The second kappa shape index (κ2) is 8.86. The molecule has 1 amide bonds. The molecule has 0 fully saturated rings. The number of carbonyl (C=O) groups excluding carboxylic acids is 1. The fourth-order valence-electron chi connectivity index (χ4n) is 4.18. The maximum absolute atomic E-state index is 11.4. The normalized spacial score (nSPS) is 11.1. The number of aromatic nitrogens is 3. The monoisotopic (exact) mass is 452 g/mol. The number of ether oxygens (including phenoxy) is 2. The first-order valence-corrected chi connectivity index (χ1v) is 10.9. The van der Waals surface area contributed by atoms with Crippen LogP contribution >= 0.6 is 0 Å². The van der Waals surface area contributed by atoms with Crippen LogP contribution in [0.3, 0.4) is 0 Å². The summed E-state index contributed by atoms with van der Waals surface area (Å²) in [6, 6.07) is 21.6. The van der Waals surface area contributed by atoms with Gasteiger partial charge in [0.2, 0.25) is 5.91 Å². The molecular weight excluding hydrogens is 428 g/mol. The van der Waals surface area contributed by atoms with Gasteiger partial charge in [-0.15, -0.1) is 0 Å². The molecule has 0 saturated heterocycles. The minimum atomic E-state index is -0.370. The van der Waals surface area contributed by atoms with Crippen LogP contribution in [0.4, 0.5) is 0 Å². The van der Waals surface area contributed by atoms with E-state index in [0.29, 0.717) is 18.1 Å². The molecule has 2 N–H and O–H groups in total. The van der Waals surface area contributed by atoms with Crippen LogP contribution in [0.1, 0.15) is 11.1 Å². The molecule has 0 radical (unpaired) electrons. The molecule has 0 aliphatic heterocycles. The highest BCUT2D eigenvalue weighted by Crippen LogP contribution is 2.38. The van der Waals surface area contributed by atoms with Crippen LogP contribution < -0.4 is 15.2 Å². The molecule has 2 aromatic heterocycles. The van der Waals surface area contributed by atoms with E-state index < -0.39 is 0 Å². The van der Waals surface area contributed by atoms with Crippen LogP contribution in [0.5, 0.6) is 11.5 Å². The summed E-state index contributed by atoms with van der Waals surface area (Å²) in [5.41, 5.74) is 10.7. The Morgan fingerprint density at radius 1 is 1.00 bits per heavy atom. The van der Waals surface area contributed by atoms with Crippen LogP contribution in [-0.4, -0.2) is 27.8 Å². The van der Waals surface area contributed by atoms with Crippen molar-refractivity contribution < 1.29 is 14.3 Å². The Hall–Kier alpha value is -4.39. The second-order valence-corrected chi connectivity index (χ2v) is 8.13. The Bertz CT molecular complexity index is 1510. The van der Waals surface area contributed by atoms with Gasteiger partial charge in [-0.3, -0.25) is 14.5 Å². The number of hydrogen-bond acceptors (Lipinski definition) is 5. The molecule has 7 nitrogen and oxygen atoms in total. The molecule has 5 aromatic rings. The molecule has 0 atom stereocenters. The van der Waals surface area contributed by atoms with E-state index in [2.05, 4.69) is 4.98 Å². The topological polar surface area (TPSA) is 92.3 Å². The van der Waals surface area contributed by atoms with Crippen molar-refractivity contribution in [2.75, 3.05) is 7.11 Å². The molecule has 3 aromatic carbocycles. The maximum atomic E-state index is 11.4. The van der Waals surface area contributed by atoms with Crippen LogP contribution in [0, 0.1) is 0 Å². The molecule has 0 unspecified atom stereocenters. The van der Waals surface area contributed by atoms with Gasteiger partial charge in [-0.1, -0.05) is 48.5 Å². The van der Waals surface area contributed by atoms with Crippen molar-refractivity contribution in [1.82, 2.24) is 14.8 Å². The Kier molecular flexibility index (Phi) is 5.59. The molecule has 170 valence electrons. The van der Waals surface area contributed by atoms with Gasteiger partial charge < -0.3 is 15.2 Å². The second-order valence-electron chi connectivity index (χ2n) is 8.13. The highest BCUT2D eigenvalue weighted by molar-refractivity contribution is 6.12. The summed E-state index contributed by atoms with van der Waals surface area (Å²) >= 11 is 0. The average molecular weight is 453 g/mol. The van der Waals surface area contributed by atoms with Gasteiger partial charge in [0, 0.05) is 29.4 Å². The summed E-state index contributed by atoms with van der Waals surface area (Å²) in [7, 11) is 3.51. The number of hydrogen-bond donors (Lipinski definition) is 1. The first-order valence-electron chi connectivity index (χ1n) is 10.9. The van der Waals surface area contributed by atoms with Gasteiger partial charge in [-0.05, 0) is 23.3 Å². The summed E-state index contributed by atoms with van der Waals surface area (Å²) in [5, 5.41) is 6.65. The third-order valence-electron chi connectivity index (χ3n) is 5.78. The van der Waals surface area contributed by atoms with Crippen molar-refractivity contribution >= 4 is 27.7 Å². The molecule has 34 heavy (non-hydrogen) atoms. The van der Waals surface area contributed by atoms with E-state index in [1.807, 2.05) is 84.7 Å². The molecule has 0 aliphatic carbocycles. The predicted molar refractivity (Wildman–Crippen MR) is 132 cm³/mol. The van der Waals surface area contributed by atoms with Gasteiger partial charge in [-0.2, -0.15) is 5.10 Å². The third kappa shape index (κ3) is 4.03. The number of carbonyl (C=O) groups is 1. The summed E-state index contributed by atoms with van der Waals surface area (Å²) in [6.45, 7) is 0.418. The highest BCUT2D eigenvalue weighted by atomic mass is 16.5. The fraction of sp³-hybridized carbons (Fsp3) is 0.148. The standard InChI is InChI=1S/C27H24N4O3/c1-31-22-15-29-21-14-23(33-2)24(34-16-17-7-4-3-5-8-17)13-20(21)26(22)27(30-31)19-10-6-9-18(11-19)12-25(28)32/h3-11,13-15H,12,16H2,1-2H3,(H2,28,32). The largest absolute Gasteiger partial charge is 0.493 e. The molecule has 0 bridgehead atoms. The first kappa shape index (κ1) is 21.5. The Morgan fingerprint density at radius 3 is 2.56 bits per heavy atom. The van der Waals surface area contributed by atoms with Gasteiger partial charge in [0.15, 0.2) is 11.5 Å². The lowest BCUT2D eigenvalue weighted by Gasteiger charge is -2.13. The van der Waals surface area contributed by atoms with Crippen molar-refractivity contribution in [1.29, 1.82) is 0 Å². The Balaban J connectivity index is 1.66. The molecule has 0 aliphatic rings. The SMILES string of the molecule is COc1cc2ncc3c(c(-c4cccc(CC(N)=O)c4)nn3C)c2cc1OCc1ccccc1. The Morgan fingerprint density at radius 2 is 1.79 bits per heavy atom. The van der Waals surface area contributed by atoms with E-state index in [1.54, 1.807) is 7.11 Å². The summed E-state index contributed by atoms with van der Waals surface area (Å²) in [6.07, 6.45) is 1.99. The Labute approximate surface area is 196 Å². The molecule has 5 rings (SSSR count). The molecule has 2 heterocycles. The number of nitrogens with two attached hydrogens (primary N) is 1. The zero-order valence-electron chi connectivity index (χ0n) is 19.0. The highest BCUT2D eigenvalue weighted by Gasteiger charge is 2.18. The zero-order chi connectivity index (χ0) is 23.7. The van der Waals surface area contributed by atoms with Crippen molar-refractivity contribution in [3.63, 3.8) is 0 Å². The van der Waals surface area contributed by atoms with E-state index in [-0.39, 0.29) is 12.3 Å². The lowest BCUT2D eigenvalue weighted by atomic mass is 10.0. The quantitative estimate of drug-likeness (QED) is 0.395. The number of amides is 1. The number of benzene rings is 3. The maximum Gasteiger partial charge on any atom is 0.221 e. The average Bonchev–Trinajstić information content (AvgIpc) is 3.19. The van der Waals surface area contributed by atoms with Crippen LogP contribution in [0.15, 0.2) is 72.9 Å². The molecule has 0 saturated carbocycles. The number of methoxy groups -OCH3 is 1. The lowest BCUT2D eigenvalue weighted by molar-refractivity contribution is -0.117. The van der Waals surface area contributed by atoms with Crippen molar-refractivity contribution in [2.24, 2.45) is 12.8 Å². The number of primary amides is 1. The molecule has 0 spiro atoms. The fourth-order valence-corrected chi connectivity index (χ4v) is 4.18. The van der Waals surface area contributed by atoms with Crippen LogP contribution in [-0.2, 0) is 24.9 Å². The zero-order valence-corrected chi connectivity index (χ0v) is 19.0. The minimum Gasteiger partial charge on any atom is -0.493 e. The third-order valence-corrected chi connectivity index (χ3v) is 5.78. The van der Waals surface area contributed by atoms with E-state index in [1.165, 1.54) is 0 Å². The van der Waals surface area contributed by atoms with E-state index >= 15 is 0 Å². The van der Waals surface area contributed by atoms with Crippen LogP contribution in [0.2, 0.25) is 0 Å². The van der Waals surface area contributed by atoms with Gasteiger partial charge >= 0.3 is 0 Å². The van der Waals surface area contributed by atoms with Gasteiger partial charge in [0.05, 0.1) is 30.8 Å². The summed E-state index contributed by atoms with van der Waals surface area (Å²) < 4.78 is 13.6. The van der Waals surface area contributed by atoms with Crippen molar-refractivity contribution in [3.05, 3.63) is 84.1 Å². The molecule has 7 heteroatoms. The number of fused-ring (bicyclic) bond motifs is 3. The number of nitrogens with zero attached hydrogens (tertiary/aromatic N) is 3. The van der Waals surface area contributed by atoms with Crippen molar-refractivity contribution in [2.45, 2.75) is 13.0 Å². The van der Waals surface area contributed by atoms with E-state index in [9.17, 15) is 4.79 Å². The number of pyridine rings is 1. The number of rotatable bonds is 7. The van der Waals surface area contributed by atoms with Gasteiger partial charge in [-0.25, -0.2) is 0 Å².